The summed E-state index contributed by atoms with van der Waals surface area (Å²) in [6, 6.07) is 3.41. The molecule has 1 heterocycles. The number of nitrogens with two attached hydrogens (primary N) is 1. The topological polar surface area (TPSA) is 86.5 Å². The van der Waals surface area contributed by atoms with Crippen molar-refractivity contribution >= 4 is 11.6 Å². The molecule has 0 unspecified atom stereocenters. The van der Waals surface area contributed by atoms with Crippen molar-refractivity contribution in [3.8, 4) is 5.88 Å². The van der Waals surface area contributed by atoms with E-state index in [0.29, 0.717) is 37.7 Å². The van der Waals surface area contributed by atoms with Crippen LogP contribution in [-0.2, 0) is 9.53 Å². The summed E-state index contributed by atoms with van der Waals surface area (Å²) >= 11 is 0. The van der Waals surface area contributed by atoms with Crippen molar-refractivity contribution in [3.05, 3.63) is 18.3 Å². The van der Waals surface area contributed by atoms with E-state index in [2.05, 4.69) is 10.3 Å². The Morgan fingerprint density at radius 1 is 1.47 bits per heavy atom. The fraction of sp³-hybridized carbons (Fsp3) is 0.455. The largest absolute Gasteiger partial charge is 0.481 e. The number of pyridine rings is 1. The Labute approximate surface area is 100 Å². The van der Waals surface area contributed by atoms with Crippen LogP contribution in [0.5, 0.6) is 5.88 Å². The highest BCUT2D eigenvalue weighted by molar-refractivity contribution is 5.90. The van der Waals surface area contributed by atoms with E-state index < -0.39 is 0 Å². The van der Waals surface area contributed by atoms with Gasteiger partial charge < -0.3 is 20.5 Å². The molecule has 1 aromatic rings. The molecule has 94 valence electrons. The number of methoxy groups -OCH3 is 1. The summed E-state index contributed by atoms with van der Waals surface area (Å²) < 4.78 is 10.0. The molecule has 6 nitrogen and oxygen atoms in total. The molecule has 0 bridgehead atoms. The maximum atomic E-state index is 11.4. The van der Waals surface area contributed by atoms with Gasteiger partial charge in [0.25, 0.3) is 0 Å². The van der Waals surface area contributed by atoms with Gasteiger partial charge in [-0.25, -0.2) is 4.98 Å². The van der Waals surface area contributed by atoms with Crippen LogP contribution in [0, 0.1) is 0 Å². The van der Waals surface area contributed by atoms with Gasteiger partial charge >= 0.3 is 0 Å². The van der Waals surface area contributed by atoms with Crippen molar-refractivity contribution < 1.29 is 14.3 Å². The highest BCUT2D eigenvalue weighted by atomic mass is 16.5. The normalized spacial score (nSPS) is 10.0. The maximum Gasteiger partial charge on any atom is 0.226 e. The van der Waals surface area contributed by atoms with Crippen LogP contribution < -0.4 is 15.8 Å². The van der Waals surface area contributed by atoms with E-state index in [0.717, 1.165) is 0 Å². The Hall–Kier alpha value is -1.66. The maximum absolute atomic E-state index is 11.4. The summed E-state index contributed by atoms with van der Waals surface area (Å²) in [5.41, 5.74) is 5.88. The quantitative estimate of drug-likeness (QED) is 0.672. The number of ether oxygens (including phenoxy) is 2. The number of nitrogens with zero attached hydrogens (tertiary/aromatic N) is 1. The van der Waals surface area contributed by atoms with Crippen LogP contribution >= 0.6 is 0 Å². The third-order valence-corrected chi connectivity index (χ3v) is 1.96. The van der Waals surface area contributed by atoms with Crippen LogP contribution in [-0.4, -0.2) is 37.8 Å². The number of anilines is 1. The monoisotopic (exact) mass is 239 g/mol. The third-order valence-electron chi connectivity index (χ3n) is 1.96. The molecule has 0 saturated carbocycles. The fourth-order valence-electron chi connectivity index (χ4n) is 1.15. The number of rotatable bonds is 7. The van der Waals surface area contributed by atoms with Gasteiger partial charge in [0.05, 0.1) is 38.6 Å². The van der Waals surface area contributed by atoms with Gasteiger partial charge in [-0.2, -0.15) is 0 Å². The van der Waals surface area contributed by atoms with Gasteiger partial charge in [0, 0.05) is 12.6 Å². The van der Waals surface area contributed by atoms with Crippen molar-refractivity contribution in [2.45, 2.75) is 6.42 Å². The van der Waals surface area contributed by atoms with Gasteiger partial charge in [0.15, 0.2) is 0 Å². The Morgan fingerprint density at radius 3 is 2.88 bits per heavy atom. The molecule has 17 heavy (non-hydrogen) atoms. The minimum Gasteiger partial charge on any atom is -0.481 e. The first-order chi connectivity index (χ1) is 8.26. The molecule has 0 aromatic carbocycles. The molecule has 1 rings (SSSR count). The minimum absolute atomic E-state index is 0.117. The molecule has 0 aliphatic rings. The van der Waals surface area contributed by atoms with Crippen LogP contribution in [0.25, 0.3) is 0 Å². The Balaban J connectivity index is 2.29. The van der Waals surface area contributed by atoms with Gasteiger partial charge in [-0.05, 0) is 6.07 Å². The summed E-state index contributed by atoms with van der Waals surface area (Å²) in [5.74, 6) is 0.392. The van der Waals surface area contributed by atoms with Gasteiger partial charge in [0.2, 0.25) is 11.8 Å². The van der Waals surface area contributed by atoms with Crippen LogP contribution in [0.4, 0.5) is 5.69 Å². The van der Waals surface area contributed by atoms with Crippen molar-refractivity contribution in [1.82, 2.24) is 4.98 Å². The third kappa shape index (κ3) is 5.28. The summed E-state index contributed by atoms with van der Waals surface area (Å²) in [7, 11) is 1.54. The zero-order valence-electron chi connectivity index (χ0n) is 9.81. The molecule has 0 fully saturated rings. The lowest BCUT2D eigenvalue weighted by atomic mass is 10.3. The number of hydrogen-bond donors (Lipinski definition) is 2. The van der Waals surface area contributed by atoms with Gasteiger partial charge in [-0.15, -0.1) is 0 Å². The average molecular weight is 239 g/mol. The lowest BCUT2D eigenvalue weighted by molar-refractivity contribution is -0.117. The number of amides is 1. The van der Waals surface area contributed by atoms with Gasteiger partial charge in [-0.3, -0.25) is 4.79 Å². The second kappa shape index (κ2) is 7.59. The number of aromatic nitrogens is 1. The summed E-state index contributed by atoms with van der Waals surface area (Å²) in [6.45, 7) is 1.30. The molecule has 6 heteroatoms. The molecule has 0 aliphatic heterocycles. The zero-order chi connectivity index (χ0) is 12.5. The molecule has 1 aromatic heterocycles. The number of nitrogens with one attached hydrogen (secondary N) is 1. The second-order valence-corrected chi connectivity index (χ2v) is 3.29. The molecule has 0 saturated heterocycles. The van der Waals surface area contributed by atoms with E-state index in [1.165, 1.54) is 13.3 Å². The second-order valence-electron chi connectivity index (χ2n) is 3.29. The molecule has 0 spiro atoms. The highest BCUT2D eigenvalue weighted by Crippen LogP contribution is 2.10. The lowest BCUT2D eigenvalue weighted by Gasteiger charge is -2.05. The SMILES string of the molecule is COc1ccc(NC(=O)CCOCCN)cn1. The molecule has 3 N–H and O–H groups in total. The van der Waals surface area contributed by atoms with E-state index in [9.17, 15) is 4.79 Å². The number of carbonyl (C=O) groups excluding carboxylic acids is 1. The average Bonchev–Trinajstić information content (AvgIpc) is 2.36. The Kier molecular flexibility index (Phi) is 5.98. The fourth-order valence-corrected chi connectivity index (χ4v) is 1.15. The predicted molar refractivity (Wildman–Crippen MR) is 63.9 cm³/mol. The molecule has 0 aliphatic carbocycles. The van der Waals surface area contributed by atoms with Gasteiger partial charge in [-0.1, -0.05) is 0 Å². The molecule has 1 amide bonds. The molecular formula is C11H17N3O3. The first-order valence-electron chi connectivity index (χ1n) is 5.34. The van der Waals surface area contributed by atoms with Crippen LogP contribution in [0.1, 0.15) is 6.42 Å². The Morgan fingerprint density at radius 2 is 2.29 bits per heavy atom. The minimum atomic E-state index is -0.117. The smallest absolute Gasteiger partial charge is 0.226 e. The van der Waals surface area contributed by atoms with Crippen molar-refractivity contribution in [3.63, 3.8) is 0 Å². The van der Waals surface area contributed by atoms with Crippen molar-refractivity contribution in [1.29, 1.82) is 0 Å². The van der Waals surface area contributed by atoms with Gasteiger partial charge in [0.1, 0.15) is 0 Å². The summed E-state index contributed by atoms with van der Waals surface area (Å²) in [5, 5.41) is 2.70. The predicted octanol–water partition coefficient (Wildman–Crippen LogP) is 0.394. The van der Waals surface area contributed by atoms with Crippen LogP contribution in [0.2, 0.25) is 0 Å². The lowest BCUT2D eigenvalue weighted by Crippen LogP contribution is -2.16. The van der Waals surface area contributed by atoms with Crippen molar-refractivity contribution in [2.75, 3.05) is 32.2 Å². The Bertz CT molecular complexity index is 340. The molecular weight excluding hydrogens is 222 g/mol. The molecule has 0 radical (unpaired) electrons. The van der Waals surface area contributed by atoms with E-state index in [1.807, 2.05) is 0 Å². The number of hydrogen-bond acceptors (Lipinski definition) is 5. The van der Waals surface area contributed by atoms with E-state index >= 15 is 0 Å². The first-order valence-corrected chi connectivity index (χ1v) is 5.34. The first kappa shape index (κ1) is 13.4. The van der Waals surface area contributed by atoms with Crippen molar-refractivity contribution in [2.24, 2.45) is 5.73 Å². The summed E-state index contributed by atoms with van der Waals surface area (Å²) in [4.78, 5) is 15.4. The van der Waals surface area contributed by atoms with E-state index in [1.54, 1.807) is 12.1 Å². The summed E-state index contributed by atoms with van der Waals surface area (Å²) in [6.07, 6.45) is 1.84. The standard InChI is InChI=1S/C11H17N3O3/c1-16-11-3-2-9(8-13-11)14-10(15)4-6-17-7-5-12/h2-3,8H,4-7,12H2,1H3,(H,14,15). The number of carbonyl (C=O) groups is 1. The molecule has 0 atom stereocenters. The zero-order valence-corrected chi connectivity index (χ0v) is 9.81. The van der Waals surface area contributed by atoms with Crippen LogP contribution in [0.3, 0.4) is 0 Å². The van der Waals surface area contributed by atoms with E-state index in [-0.39, 0.29) is 5.91 Å². The highest BCUT2D eigenvalue weighted by Gasteiger charge is 2.02. The van der Waals surface area contributed by atoms with E-state index in [4.69, 9.17) is 15.2 Å². The van der Waals surface area contributed by atoms with Crippen LogP contribution in [0.15, 0.2) is 18.3 Å².